The lowest BCUT2D eigenvalue weighted by molar-refractivity contribution is 0.751. The van der Waals surface area contributed by atoms with Gasteiger partial charge in [0.05, 0.1) is 28.6 Å². The summed E-state index contributed by atoms with van der Waals surface area (Å²) in [7, 11) is 3.64. The van der Waals surface area contributed by atoms with Gasteiger partial charge in [0.2, 0.25) is 0 Å². The number of rotatable bonds is 3. The summed E-state index contributed by atoms with van der Waals surface area (Å²) in [5.41, 5.74) is 7.69. The number of hydrogen-bond acceptors (Lipinski definition) is 4. The molecule has 0 unspecified atom stereocenters. The maximum Gasteiger partial charge on any atom is 0.328 e. The molecule has 170 valence electrons. The third-order valence-corrected chi connectivity index (χ3v) is 6.71. The van der Waals surface area contributed by atoms with Gasteiger partial charge in [0.25, 0.3) is 5.56 Å². The van der Waals surface area contributed by atoms with E-state index in [1.54, 1.807) is 26.0 Å². The number of aromatic nitrogens is 4. The average molecular weight is 444 g/mol. The largest absolute Gasteiger partial charge is 0.341 e. The van der Waals surface area contributed by atoms with Gasteiger partial charge in [-0.2, -0.15) is 0 Å². The van der Waals surface area contributed by atoms with Gasteiger partial charge in [-0.1, -0.05) is 13.8 Å². The number of hydrogen-bond donors (Lipinski definition) is 0. The number of pyridine rings is 2. The summed E-state index contributed by atoms with van der Waals surface area (Å²) < 4.78 is 5.11. The summed E-state index contributed by atoms with van der Waals surface area (Å²) in [6, 6.07) is 9.83. The molecule has 0 radical (unpaired) electrons. The standard InChI is InChI=1S/C26H29N5O2/c1-16(2)21-11-20(12-23-25(21)29(5)26(33)28(23)4)30-10-6-7-18-15-31(24(32)13-22(18)30)19-9-8-17(3)27-14-19/h8-9,11-16H,6-7,10H2,1-5H3. The topological polar surface area (TPSA) is 65.1 Å². The second-order valence-corrected chi connectivity index (χ2v) is 9.26. The molecule has 0 amide bonds. The first-order chi connectivity index (χ1) is 15.8. The highest BCUT2D eigenvalue weighted by Gasteiger charge is 2.23. The molecule has 1 aromatic carbocycles. The van der Waals surface area contributed by atoms with E-state index < -0.39 is 0 Å². The summed E-state index contributed by atoms with van der Waals surface area (Å²) in [6.07, 6.45) is 5.59. The van der Waals surface area contributed by atoms with Crippen LogP contribution in [0.5, 0.6) is 0 Å². The molecule has 7 heteroatoms. The van der Waals surface area contributed by atoms with Crippen LogP contribution in [0.1, 0.15) is 43.0 Å². The van der Waals surface area contributed by atoms with Gasteiger partial charge >= 0.3 is 5.69 Å². The first-order valence-electron chi connectivity index (χ1n) is 11.4. The van der Waals surface area contributed by atoms with Crippen molar-refractivity contribution in [1.29, 1.82) is 0 Å². The average Bonchev–Trinajstić information content (AvgIpc) is 3.02. The van der Waals surface area contributed by atoms with Gasteiger partial charge in [-0.15, -0.1) is 0 Å². The predicted molar refractivity (Wildman–Crippen MR) is 132 cm³/mol. The molecular formula is C26H29N5O2. The van der Waals surface area contributed by atoms with Crippen molar-refractivity contribution < 1.29 is 0 Å². The monoisotopic (exact) mass is 443 g/mol. The molecule has 33 heavy (non-hydrogen) atoms. The van der Waals surface area contributed by atoms with Crippen LogP contribution in [-0.2, 0) is 20.5 Å². The van der Waals surface area contributed by atoms with Crippen LogP contribution in [0.2, 0.25) is 0 Å². The summed E-state index contributed by atoms with van der Waals surface area (Å²) in [6.45, 7) is 7.05. The van der Waals surface area contributed by atoms with Crippen molar-refractivity contribution in [3.8, 4) is 5.69 Å². The number of nitrogens with zero attached hydrogens (tertiary/aromatic N) is 5. The summed E-state index contributed by atoms with van der Waals surface area (Å²) in [5.74, 6) is 0.256. The lowest BCUT2D eigenvalue weighted by atomic mass is 9.98. The molecule has 5 rings (SSSR count). The lowest BCUT2D eigenvalue weighted by Gasteiger charge is -2.32. The van der Waals surface area contributed by atoms with E-state index in [4.69, 9.17) is 0 Å². The molecule has 1 aliphatic heterocycles. The Kier molecular flexibility index (Phi) is 5.00. The Morgan fingerprint density at radius 3 is 2.48 bits per heavy atom. The van der Waals surface area contributed by atoms with E-state index in [1.807, 2.05) is 39.3 Å². The Balaban J connectivity index is 1.68. The summed E-state index contributed by atoms with van der Waals surface area (Å²) in [4.78, 5) is 32.3. The highest BCUT2D eigenvalue weighted by atomic mass is 16.1. The first kappa shape index (κ1) is 21.2. The highest BCUT2D eigenvalue weighted by Crippen LogP contribution is 2.37. The molecule has 1 aliphatic rings. The number of benzene rings is 1. The van der Waals surface area contributed by atoms with Crippen LogP contribution >= 0.6 is 0 Å². The normalized spacial score (nSPS) is 13.7. The Morgan fingerprint density at radius 1 is 1.00 bits per heavy atom. The Morgan fingerprint density at radius 2 is 1.79 bits per heavy atom. The number of anilines is 2. The van der Waals surface area contributed by atoms with E-state index in [-0.39, 0.29) is 17.2 Å². The fourth-order valence-corrected chi connectivity index (χ4v) is 4.90. The fourth-order valence-electron chi connectivity index (χ4n) is 4.90. The van der Waals surface area contributed by atoms with E-state index >= 15 is 0 Å². The number of fused-ring (bicyclic) bond motifs is 2. The van der Waals surface area contributed by atoms with Crippen molar-refractivity contribution in [3.63, 3.8) is 0 Å². The van der Waals surface area contributed by atoms with Gasteiger partial charge in [0.1, 0.15) is 0 Å². The van der Waals surface area contributed by atoms with Crippen LogP contribution in [0.4, 0.5) is 11.4 Å². The number of aryl methyl sites for hydroxylation is 4. The van der Waals surface area contributed by atoms with Crippen LogP contribution in [0, 0.1) is 6.92 Å². The van der Waals surface area contributed by atoms with Crippen molar-refractivity contribution in [3.05, 3.63) is 80.4 Å². The molecular weight excluding hydrogens is 414 g/mol. The van der Waals surface area contributed by atoms with Crippen LogP contribution in [0.15, 0.2) is 52.3 Å². The predicted octanol–water partition coefficient (Wildman–Crippen LogP) is 3.94. The zero-order chi connectivity index (χ0) is 23.4. The minimum absolute atomic E-state index is 0.0299. The van der Waals surface area contributed by atoms with Gasteiger partial charge < -0.3 is 4.90 Å². The van der Waals surface area contributed by atoms with Crippen LogP contribution < -0.4 is 16.1 Å². The maximum absolute atomic E-state index is 13.1. The zero-order valence-electron chi connectivity index (χ0n) is 19.8. The molecule has 4 heterocycles. The second-order valence-electron chi connectivity index (χ2n) is 9.26. The minimum atomic E-state index is -0.0800. The molecule has 0 saturated heterocycles. The van der Waals surface area contributed by atoms with E-state index in [1.165, 1.54) is 0 Å². The van der Waals surface area contributed by atoms with Gasteiger partial charge in [-0.3, -0.25) is 23.5 Å². The molecule has 4 aromatic rings. The SMILES string of the molecule is Cc1ccc(-n2cc3c(cc2=O)N(c2cc(C(C)C)c4c(c2)n(C)c(=O)n4C)CCC3)cn1. The van der Waals surface area contributed by atoms with Crippen LogP contribution in [-0.4, -0.2) is 25.2 Å². The second kappa shape index (κ2) is 7.76. The smallest absolute Gasteiger partial charge is 0.328 e. The third kappa shape index (κ3) is 3.39. The molecule has 0 aliphatic carbocycles. The number of imidazole rings is 1. The van der Waals surface area contributed by atoms with E-state index in [0.717, 1.165) is 64.3 Å². The Labute approximate surface area is 192 Å². The molecule has 0 spiro atoms. The first-order valence-corrected chi connectivity index (χ1v) is 11.4. The van der Waals surface area contributed by atoms with E-state index in [9.17, 15) is 9.59 Å². The van der Waals surface area contributed by atoms with E-state index in [2.05, 4.69) is 35.9 Å². The summed E-state index contributed by atoms with van der Waals surface area (Å²) >= 11 is 0. The molecule has 0 saturated carbocycles. The highest BCUT2D eigenvalue weighted by molar-refractivity contribution is 5.86. The lowest BCUT2D eigenvalue weighted by Crippen LogP contribution is -2.29. The third-order valence-electron chi connectivity index (χ3n) is 6.71. The maximum atomic E-state index is 13.1. The van der Waals surface area contributed by atoms with Crippen LogP contribution in [0.25, 0.3) is 16.7 Å². The van der Waals surface area contributed by atoms with Crippen LogP contribution in [0.3, 0.4) is 0 Å². The van der Waals surface area contributed by atoms with E-state index in [0.29, 0.717) is 0 Å². The molecule has 3 aromatic heterocycles. The van der Waals surface area contributed by atoms with Crippen molar-refractivity contribution in [2.75, 3.05) is 11.4 Å². The van der Waals surface area contributed by atoms with Crippen molar-refractivity contribution in [2.45, 2.75) is 39.5 Å². The Bertz CT molecular complexity index is 1490. The molecule has 0 fully saturated rings. The van der Waals surface area contributed by atoms with Gasteiger partial charge in [-0.25, -0.2) is 4.79 Å². The van der Waals surface area contributed by atoms with Crippen molar-refractivity contribution in [1.82, 2.24) is 18.7 Å². The van der Waals surface area contributed by atoms with Gasteiger partial charge in [0, 0.05) is 44.3 Å². The van der Waals surface area contributed by atoms with Gasteiger partial charge in [-0.05, 0) is 61.1 Å². The minimum Gasteiger partial charge on any atom is -0.341 e. The van der Waals surface area contributed by atoms with Gasteiger partial charge in [0.15, 0.2) is 0 Å². The molecule has 0 atom stereocenters. The fraction of sp³-hybridized carbons (Fsp3) is 0.346. The quantitative estimate of drug-likeness (QED) is 0.481. The molecule has 7 nitrogen and oxygen atoms in total. The Hall–Kier alpha value is -3.61. The molecule has 0 N–H and O–H groups in total. The summed E-state index contributed by atoms with van der Waals surface area (Å²) in [5, 5.41) is 0. The molecule has 0 bridgehead atoms. The van der Waals surface area contributed by atoms with Crippen molar-refractivity contribution in [2.24, 2.45) is 14.1 Å². The van der Waals surface area contributed by atoms with Crippen molar-refractivity contribution >= 4 is 22.4 Å². The zero-order valence-corrected chi connectivity index (χ0v) is 19.8.